The summed E-state index contributed by atoms with van der Waals surface area (Å²) >= 11 is 0. The molecule has 0 rings (SSSR count). The van der Waals surface area contributed by atoms with E-state index >= 15 is 0 Å². The predicted molar refractivity (Wildman–Crippen MR) is 53.5 cm³/mol. The first-order valence-corrected chi connectivity index (χ1v) is 4.95. The van der Waals surface area contributed by atoms with E-state index in [4.69, 9.17) is 10.8 Å². The van der Waals surface area contributed by atoms with E-state index < -0.39 is 6.10 Å². The van der Waals surface area contributed by atoms with Gasteiger partial charge in [0.2, 0.25) is 0 Å². The van der Waals surface area contributed by atoms with Crippen molar-refractivity contribution in [3.63, 3.8) is 0 Å². The lowest BCUT2D eigenvalue weighted by molar-refractivity contribution is 0.0589. The molecule has 0 saturated carbocycles. The number of nitrogens with zero attached hydrogens (tertiary/aromatic N) is 1. The average molecular weight is 190 g/mol. The van der Waals surface area contributed by atoms with E-state index in [1.807, 2.05) is 0 Å². The van der Waals surface area contributed by atoms with Crippen molar-refractivity contribution in [2.24, 2.45) is 5.73 Å². The second-order valence-corrected chi connectivity index (χ2v) is 3.28. The zero-order valence-corrected chi connectivity index (χ0v) is 8.45. The van der Waals surface area contributed by atoms with Crippen molar-refractivity contribution in [2.45, 2.75) is 25.9 Å². The third kappa shape index (κ3) is 6.95. The Kier molecular flexibility index (Phi) is 8.33. The Morgan fingerprint density at radius 1 is 1.38 bits per heavy atom. The quantitative estimate of drug-likeness (QED) is 0.478. The Morgan fingerprint density at radius 3 is 2.54 bits per heavy atom. The van der Waals surface area contributed by atoms with Crippen LogP contribution in [0.5, 0.6) is 0 Å². The van der Waals surface area contributed by atoms with Gasteiger partial charge in [0.05, 0.1) is 12.7 Å². The molecule has 1 atom stereocenters. The van der Waals surface area contributed by atoms with Crippen molar-refractivity contribution in [2.75, 3.05) is 32.8 Å². The van der Waals surface area contributed by atoms with Crippen LogP contribution in [0.1, 0.15) is 19.8 Å². The fourth-order valence-electron chi connectivity index (χ4n) is 1.28. The highest BCUT2D eigenvalue weighted by molar-refractivity contribution is 4.63. The molecule has 0 saturated heterocycles. The van der Waals surface area contributed by atoms with Crippen LogP contribution in [0.15, 0.2) is 0 Å². The Balaban J connectivity index is 3.65. The molecule has 0 aliphatic carbocycles. The van der Waals surface area contributed by atoms with E-state index in [-0.39, 0.29) is 6.61 Å². The van der Waals surface area contributed by atoms with E-state index in [9.17, 15) is 5.11 Å². The van der Waals surface area contributed by atoms with Gasteiger partial charge in [-0.25, -0.2) is 0 Å². The topological polar surface area (TPSA) is 69.7 Å². The second kappa shape index (κ2) is 8.44. The zero-order chi connectivity index (χ0) is 10.1. The SMILES string of the molecule is CCCN(CCCN)CC(O)CO. The Hall–Kier alpha value is -0.160. The third-order valence-electron chi connectivity index (χ3n) is 1.90. The number of rotatable bonds is 8. The molecule has 0 aromatic carbocycles. The highest BCUT2D eigenvalue weighted by Gasteiger charge is 2.08. The second-order valence-electron chi connectivity index (χ2n) is 3.28. The Bertz CT molecular complexity index is 112. The number of aliphatic hydroxyl groups is 2. The summed E-state index contributed by atoms with van der Waals surface area (Å²) in [6.07, 6.45) is 1.38. The van der Waals surface area contributed by atoms with E-state index in [0.29, 0.717) is 13.1 Å². The average Bonchev–Trinajstić information content (AvgIpc) is 2.14. The molecule has 0 aromatic heterocycles. The maximum absolute atomic E-state index is 9.23. The standard InChI is InChI=1S/C9H22N2O2/c1-2-5-11(6-3-4-10)7-9(13)8-12/h9,12-13H,2-8,10H2,1H3. The van der Waals surface area contributed by atoms with Crippen molar-refractivity contribution in [1.29, 1.82) is 0 Å². The van der Waals surface area contributed by atoms with Crippen molar-refractivity contribution in [3.05, 3.63) is 0 Å². The number of nitrogens with two attached hydrogens (primary N) is 1. The van der Waals surface area contributed by atoms with Crippen LogP contribution in [-0.4, -0.2) is 54.0 Å². The summed E-state index contributed by atoms with van der Waals surface area (Å²) in [5.41, 5.74) is 5.40. The summed E-state index contributed by atoms with van der Waals surface area (Å²) in [4.78, 5) is 2.13. The summed E-state index contributed by atoms with van der Waals surface area (Å²) in [6.45, 7) is 5.02. The molecule has 0 aliphatic heterocycles. The molecule has 13 heavy (non-hydrogen) atoms. The summed E-state index contributed by atoms with van der Waals surface area (Å²) < 4.78 is 0. The number of aliphatic hydroxyl groups excluding tert-OH is 2. The van der Waals surface area contributed by atoms with Crippen molar-refractivity contribution < 1.29 is 10.2 Å². The van der Waals surface area contributed by atoms with Gasteiger partial charge in [-0.1, -0.05) is 6.92 Å². The van der Waals surface area contributed by atoms with E-state index in [1.165, 1.54) is 0 Å². The largest absolute Gasteiger partial charge is 0.394 e. The minimum atomic E-state index is -0.621. The first kappa shape index (κ1) is 12.8. The number of hydrogen-bond acceptors (Lipinski definition) is 4. The molecule has 0 aliphatic rings. The van der Waals surface area contributed by atoms with Crippen LogP contribution in [0.4, 0.5) is 0 Å². The molecule has 0 fully saturated rings. The highest BCUT2D eigenvalue weighted by Crippen LogP contribution is 1.96. The first-order valence-electron chi connectivity index (χ1n) is 4.95. The molecule has 0 bridgehead atoms. The molecular weight excluding hydrogens is 168 g/mol. The lowest BCUT2D eigenvalue weighted by Gasteiger charge is -2.23. The van der Waals surface area contributed by atoms with Crippen LogP contribution in [0.25, 0.3) is 0 Å². The van der Waals surface area contributed by atoms with Crippen LogP contribution in [0.3, 0.4) is 0 Å². The van der Waals surface area contributed by atoms with Gasteiger partial charge < -0.3 is 20.8 Å². The van der Waals surface area contributed by atoms with Crippen molar-refractivity contribution in [1.82, 2.24) is 4.90 Å². The molecule has 0 spiro atoms. The lowest BCUT2D eigenvalue weighted by Crippen LogP contribution is -2.36. The molecule has 0 radical (unpaired) electrons. The molecule has 4 N–H and O–H groups in total. The van der Waals surface area contributed by atoms with Gasteiger partial charge in [0.1, 0.15) is 0 Å². The van der Waals surface area contributed by atoms with Crippen LogP contribution >= 0.6 is 0 Å². The molecule has 0 heterocycles. The minimum Gasteiger partial charge on any atom is -0.394 e. The highest BCUT2D eigenvalue weighted by atomic mass is 16.3. The van der Waals surface area contributed by atoms with Crippen LogP contribution < -0.4 is 5.73 Å². The third-order valence-corrected chi connectivity index (χ3v) is 1.90. The van der Waals surface area contributed by atoms with Gasteiger partial charge in [-0.15, -0.1) is 0 Å². The molecule has 0 aromatic rings. The maximum atomic E-state index is 9.23. The van der Waals surface area contributed by atoms with Gasteiger partial charge >= 0.3 is 0 Å². The van der Waals surface area contributed by atoms with Gasteiger partial charge in [0.15, 0.2) is 0 Å². The molecule has 4 nitrogen and oxygen atoms in total. The minimum absolute atomic E-state index is 0.164. The lowest BCUT2D eigenvalue weighted by atomic mass is 10.3. The molecular formula is C9H22N2O2. The normalized spacial score (nSPS) is 13.6. The van der Waals surface area contributed by atoms with Gasteiger partial charge in [0, 0.05) is 6.54 Å². The maximum Gasteiger partial charge on any atom is 0.0897 e. The van der Waals surface area contributed by atoms with Crippen molar-refractivity contribution in [3.8, 4) is 0 Å². The summed E-state index contributed by atoms with van der Waals surface area (Å²) in [5.74, 6) is 0. The summed E-state index contributed by atoms with van der Waals surface area (Å²) in [5, 5.41) is 17.9. The smallest absolute Gasteiger partial charge is 0.0897 e. The van der Waals surface area contributed by atoms with Crippen LogP contribution in [0, 0.1) is 0 Å². The molecule has 80 valence electrons. The fourth-order valence-corrected chi connectivity index (χ4v) is 1.28. The van der Waals surface area contributed by atoms with Gasteiger partial charge in [-0.2, -0.15) is 0 Å². The molecule has 0 amide bonds. The predicted octanol–water partition coefficient (Wildman–Crippen LogP) is -0.600. The fraction of sp³-hybridized carbons (Fsp3) is 1.00. The van der Waals surface area contributed by atoms with Gasteiger partial charge in [0.25, 0.3) is 0 Å². The van der Waals surface area contributed by atoms with Gasteiger partial charge in [-0.3, -0.25) is 0 Å². The Morgan fingerprint density at radius 2 is 2.08 bits per heavy atom. The summed E-state index contributed by atoms with van der Waals surface area (Å²) in [6, 6.07) is 0. The number of hydrogen-bond donors (Lipinski definition) is 3. The van der Waals surface area contributed by atoms with Gasteiger partial charge in [-0.05, 0) is 32.5 Å². The van der Waals surface area contributed by atoms with E-state index in [0.717, 1.165) is 25.9 Å². The van der Waals surface area contributed by atoms with E-state index in [2.05, 4.69) is 11.8 Å². The van der Waals surface area contributed by atoms with Crippen molar-refractivity contribution >= 4 is 0 Å². The monoisotopic (exact) mass is 190 g/mol. The van der Waals surface area contributed by atoms with E-state index in [1.54, 1.807) is 0 Å². The Labute approximate surface area is 80.3 Å². The van der Waals surface area contributed by atoms with Crippen LogP contribution in [-0.2, 0) is 0 Å². The summed E-state index contributed by atoms with van der Waals surface area (Å²) in [7, 11) is 0. The molecule has 4 heteroatoms. The molecule has 1 unspecified atom stereocenters. The first-order chi connectivity index (χ1) is 6.24. The zero-order valence-electron chi connectivity index (χ0n) is 8.45. The van der Waals surface area contributed by atoms with Crippen LogP contribution in [0.2, 0.25) is 0 Å².